The van der Waals surface area contributed by atoms with Gasteiger partial charge in [-0.3, -0.25) is 9.69 Å². The minimum Gasteiger partial charge on any atom is -0.335 e. The molecule has 1 amide bonds. The van der Waals surface area contributed by atoms with Gasteiger partial charge in [0.2, 0.25) is 5.91 Å². The van der Waals surface area contributed by atoms with E-state index in [-0.39, 0.29) is 5.91 Å². The fourth-order valence-electron chi connectivity index (χ4n) is 2.69. The van der Waals surface area contributed by atoms with Crippen molar-refractivity contribution in [3.63, 3.8) is 0 Å². The molecule has 1 atom stereocenters. The third-order valence-corrected chi connectivity index (χ3v) is 4.94. The maximum absolute atomic E-state index is 12.1. The van der Waals surface area contributed by atoms with E-state index < -0.39 is 0 Å². The Bertz CT molecular complexity index is 817. The molecule has 0 fully saturated rings. The Morgan fingerprint density at radius 1 is 1.12 bits per heavy atom. The summed E-state index contributed by atoms with van der Waals surface area (Å²) in [4.78, 5) is 18.4. The van der Waals surface area contributed by atoms with Crippen LogP contribution in [0.15, 0.2) is 66.0 Å². The lowest BCUT2D eigenvalue weighted by atomic mass is 10.1. The smallest absolute Gasteiger partial charge is 0.230 e. The maximum Gasteiger partial charge on any atom is 0.230 e. The first-order chi connectivity index (χ1) is 12.1. The first kappa shape index (κ1) is 17.3. The van der Waals surface area contributed by atoms with E-state index >= 15 is 0 Å². The van der Waals surface area contributed by atoms with Crippen molar-refractivity contribution in [1.82, 2.24) is 4.98 Å². The molecule has 128 valence electrons. The summed E-state index contributed by atoms with van der Waals surface area (Å²) >= 11 is 1.50. The van der Waals surface area contributed by atoms with Crippen LogP contribution in [0.1, 0.15) is 31.1 Å². The van der Waals surface area contributed by atoms with Crippen molar-refractivity contribution >= 4 is 28.1 Å². The summed E-state index contributed by atoms with van der Waals surface area (Å²) in [6.07, 6.45) is 0. The third-order valence-electron chi connectivity index (χ3n) is 4.07. The summed E-state index contributed by atoms with van der Waals surface area (Å²) in [5, 5.41) is 5.01. The number of anilines is 2. The monoisotopic (exact) mass is 352 g/mol. The fraction of sp³-hybridized carbons (Fsp3) is 0.200. The number of nitrogens with two attached hydrogens (primary N) is 1. The van der Waals surface area contributed by atoms with Crippen LogP contribution in [0, 0.1) is 0 Å². The number of aromatic nitrogens is 1. The number of hydrogen-bond acceptors (Lipinski definition) is 3. The Morgan fingerprint density at radius 2 is 1.76 bits per heavy atom. The molecule has 2 aromatic carbocycles. The molecule has 0 unspecified atom stereocenters. The summed E-state index contributed by atoms with van der Waals surface area (Å²) in [5.74, 6) is -0.0336. The number of carbonyl (C=O) groups excluding carboxylic acids is 1. The lowest BCUT2D eigenvalue weighted by molar-refractivity contribution is -0.708. The van der Waals surface area contributed by atoms with Crippen LogP contribution in [0.3, 0.4) is 0 Å². The Balaban J connectivity index is 1.70. The van der Waals surface area contributed by atoms with Crippen molar-refractivity contribution in [1.29, 1.82) is 0 Å². The van der Waals surface area contributed by atoms with Gasteiger partial charge in [0.25, 0.3) is 0 Å². The number of quaternary nitrogens is 1. The van der Waals surface area contributed by atoms with Gasteiger partial charge >= 0.3 is 0 Å². The number of nitrogens with zero attached hydrogens (tertiary/aromatic N) is 2. The predicted octanol–water partition coefficient (Wildman–Crippen LogP) is 3.65. The van der Waals surface area contributed by atoms with Gasteiger partial charge in [0.1, 0.15) is 18.3 Å². The lowest BCUT2D eigenvalue weighted by Crippen LogP contribution is -2.83. The summed E-state index contributed by atoms with van der Waals surface area (Å²) in [5.41, 5.74) is 3.13. The van der Waals surface area contributed by atoms with Crippen molar-refractivity contribution in [3.05, 3.63) is 77.3 Å². The van der Waals surface area contributed by atoms with Crippen LogP contribution >= 0.6 is 11.3 Å². The van der Waals surface area contributed by atoms with Gasteiger partial charge in [-0.2, -0.15) is 0 Å². The van der Waals surface area contributed by atoms with Crippen LogP contribution < -0.4 is 10.2 Å². The Morgan fingerprint density at radius 3 is 2.40 bits per heavy atom. The molecular weight excluding hydrogens is 330 g/mol. The van der Waals surface area contributed by atoms with Crippen molar-refractivity contribution in [3.8, 4) is 0 Å². The van der Waals surface area contributed by atoms with Gasteiger partial charge in [-0.15, -0.1) is 11.3 Å². The molecule has 0 aliphatic rings. The summed E-state index contributed by atoms with van der Waals surface area (Å²) in [6, 6.07) is 20.4. The normalized spacial score (nSPS) is 11.9. The molecule has 4 nitrogen and oxygen atoms in total. The summed E-state index contributed by atoms with van der Waals surface area (Å²) < 4.78 is 0. The molecule has 0 aliphatic heterocycles. The number of para-hydroxylation sites is 1. The van der Waals surface area contributed by atoms with Gasteiger partial charge in [-0.05, 0) is 19.1 Å². The number of thiazole rings is 1. The average molecular weight is 352 g/mol. The van der Waals surface area contributed by atoms with Crippen LogP contribution in [0.4, 0.5) is 10.8 Å². The minimum atomic E-state index is -0.0336. The zero-order valence-corrected chi connectivity index (χ0v) is 15.2. The Labute approximate surface area is 152 Å². The Hall–Kier alpha value is -2.50. The van der Waals surface area contributed by atoms with Crippen molar-refractivity contribution in [2.75, 3.05) is 4.90 Å². The van der Waals surface area contributed by atoms with Gasteiger partial charge in [0, 0.05) is 17.9 Å². The number of benzene rings is 2. The molecule has 3 aromatic rings. The van der Waals surface area contributed by atoms with Crippen LogP contribution in [-0.4, -0.2) is 10.9 Å². The van der Waals surface area contributed by atoms with E-state index in [2.05, 4.69) is 41.5 Å². The van der Waals surface area contributed by atoms with E-state index in [0.29, 0.717) is 6.04 Å². The number of amides is 1. The molecule has 0 radical (unpaired) electrons. The maximum atomic E-state index is 12.1. The Kier molecular flexibility index (Phi) is 5.58. The zero-order valence-electron chi connectivity index (χ0n) is 14.4. The number of hydrogen-bond donors (Lipinski definition) is 1. The summed E-state index contributed by atoms with van der Waals surface area (Å²) in [6.45, 7) is 4.54. The highest BCUT2D eigenvalue weighted by Gasteiger charge is 2.18. The minimum absolute atomic E-state index is 0.0336. The second-order valence-corrected chi connectivity index (χ2v) is 6.79. The largest absolute Gasteiger partial charge is 0.335 e. The van der Waals surface area contributed by atoms with Gasteiger partial charge < -0.3 is 5.32 Å². The fourth-order valence-corrected chi connectivity index (χ4v) is 3.59. The third kappa shape index (κ3) is 4.32. The van der Waals surface area contributed by atoms with E-state index in [9.17, 15) is 4.79 Å². The first-order valence-electron chi connectivity index (χ1n) is 8.33. The standard InChI is InChI=1S/C20H21N3OS/c1-15(17-9-5-3-6-10-17)21-13-18-14-25-20(22-18)23(16(2)24)19-11-7-4-8-12-19/h3-12,14-15,21H,13H2,1-2H3/p+1/t15-/m1/s1. The number of carbonyl (C=O) groups is 1. The quantitative estimate of drug-likeness (QED) is 0.736. The van der Waals surface area contributed by atoms with E-state index in [0.717, 1.165) is 23.1 Å². The van der Waals surface area contributed by atoms with E-state index in [4.69, 9.17) is 0 Å². The molecule has 0 aliphatic carbocycles. The van der Waals surface area contributed by atoms with E-state index in [1.54, 1.807) is 11.8 Å². The molecular formula is C20H22N3OS+. The second-order valence-electron chi connectivity index (χ2n) is 5.95. The lowest BCUT2D eigenvalue weighted by Gasteiger charge is -2.17. The summed E-state index contributed by atoms with van der Waals surface area (Å²) in [7, 11) is 0. The molecule has 25 heavy (non-hydrogen) atoms. The molecule has 0 saturated heterocycles. The average Bonchev–Trinajstić information content (AvgIpc) is 3.09. The molecule has 0 bridgehead atoms. The topological polar surface area (TPSA) is 49.8 Å². The SMILES string of the molecule is CC(=O)N(c1ccccc1)c1nc(C[NH2+][C@H](C)c2ccccc2)cs1. The van der Waals surface area contributed by atoms with Gasteiger partial charge in [-0.1, -0.05) is 48.5 Å². The van der Waals surface area contributed by atoms with Crippen molar-refractivity contribution in [2.24, 2.45) is 0 Å². The van der Waals surface area contributed by atoms with Crippen LogP contribution in [0.2, 0.25) is 0 Å². The van der Waals surface area contributed by atoms with Crippen LogP contribution in [0.25, 0.3) is 0 Å². The first-order valence-corrected chi connectivity index (χ1v) is 9.21. The van der Waals surface area contributed by atoms with Crippen LogP contribution in [0.5, 0.6) is 0 Å². The zero-order chi connectivity index (χ0) is 17.6. The van der Waals surface area contributed by atoms with Gasteiger partial charge in [0.15, 0.2) is 5.13 Å². The highest BCUT2D eigenvalue weighted by atomic mass is 32.1. The molecule has 5 heteroatoms. The van der Waals surface area contributed by atoms with Gasteiger partial charge in [-0.25, -0.2) is 4.98 Å². The van der Waals surface area contributed by atoms with E-state index in [1.165, 1.54) is 16.9 Å². The van der Waals surface area contributed by atoms with Gasteiger partial charge in [0.05, 0.1) is 5.69 Å². The number of rotatable bonds is 6. The molecule has 0 spiro atoms. The molecule has 3 rings (SSSR count). The van der Waals surface area contributed by atoms with E-state index in [1.807, 2.05) is 41.8 Å². The molecule has 1 heterocycles. The molecule has 2 N–H and O–H groups in total. The van der Waals surface area contributed by atoms with Crippen molar-refractivity contribution < 1.29 is 10.1 Å². The predicted molar refractivity (Wildman–Crippen MR) is 102 cm³/mol. The highest BCUT2D eigenvalue weighted by Crippen LogP contribution is 2.28. The molecule has 0 saturated carbocycles. The van der Waals surface area contributed by atoms with Crippen LogP contribution in [-0.2, 0) is 11.3 Å². The highest BCUT2D eigenvalue weighted by molar-refractivity contribution is 7.14. The van der Waals surface area contributed by atoms with Crippen molar-refractivity contribution in [2.45, 2.75) is 26.4 Å². The molecule has 1 aromatic heterocycles. The second kappa shape index (κ2) is 8.05.